The molecule has 0 unspecified atom stereocenters. The van der Waals surface area contributed by atoms with Crippen LogP contribution in [0, 0.1) is 26.6 Å². The van der Waals surface area contributed by atoms with Gasteiger partial charge in [-0.15, -0.1) is 0 Å². The fraction of sp³-hybridized carbons (Fsp3) is 0.200. The lowest BCUT2D eigenvalue weighted by Gasteiger charge is -2.13. The van der Waals surface area contributed by atoms with Crippen LogP contribution < -0.4 is 5.73 Å². The Morgan fingerprint density at radius 1 is 0.941 bits per heavy atom. The predicted molar refractivity (Wildman–Crippen MR) is 70.5 cm³/mol. The SMILES string of the molecule is Cc1cc(C)c(-c2cc(F)ccc2N)c(C)c1. The van der Waals surface area contributed by atoms with Gasteiger partial charge in [-0.1, -0.05) is 17.7 Å². The zero-order valence-corrected chi connectivity index (χ0v) is 10.3. The normalized spacial score (nSPS) is 10.6. The van der Waals surface area contributed by atoms with Crippen molar-refractivity contribution < 1.29 is 4.39 Å². The summed E-state index contributed by atoms with van der Waals surface area (Å²) in [6.45, 7) is 6.11. The molecule has 0 fully saturated rings. The summed E-state index contributed by atoms with van der Waals surface area (Å²) in [6.07, 6.45) is 0. The number of hydrogen-bond acceptors (Lipinski definition) is 1. The summed E-state index contributed by atoms with van der Waals surface area (Å²) in [7, 11) is 0. The maximum atomic E-state index is 13.3. The second-order valence-electron chi connectivity index (χ2n) is 4.51. The van der Waals surface area contributed by atoms with Gasteiger partial charge in [0.2, 0.25) is 0 Å². The van der Waals surface area contributed by atoms with Gasteiger partial charge in [-0.2, -0.15) is 0 Å². The summed E-state index contributed by atoms with van der Waals surface area (Å²) in [6, 6.07) is 8.68. The lowest BCUT2D eigenvalue weighted by atomic mass is 9.93. The van der Waals surface area contributed by atoms with Gasteiger partial charge in [-0.3, -0.25) is 0 Å². The maximum Gasteiger partial charge on any atom is 0.123 e. The second kappa shape index (κ2) is 4.21. The van der Waals surface area contributed by atoms with Crippen LogP contribution in [-0.4, -0.2) is 0 Å². The zero-order valence-electron chi connectivity index (χ0n) is 10.3. The van der Waals surface area contributed by atoms with E-state index in [-0.39, 0.29) is 5.82 Å². The molecule has 0 aliphatic carbocycles. The van der Waals surface area contributed by atoms with Crippen LogP contribution in [0.3, 0.4) is 0 Å². The Bertz CT molecular complexity index is 550. The van der Waals surface area contributed by atoms with Crippen molar-refractivity contribution in [2.24, 2.45) is 0 Å². The average Bonchev–Trinajstić information content (AvgIpc) is 2.21. The first-order chi connectivity index (χ1) is 7.99. The standard InChI is InChI=1S/C15H16FN/c1-9-6-10(2)15(11(3)7-9)13-8-12(16)4-5-14(13)17/h4-8H,17H2,1-3H3. The van der Waals surface area contributed by atoms with E-state index in [2.05, 4.69) is 19.1 Å². The minimum Gasteiger partial charge on any atom is -0.398 e. The number of hydrogen-bond donors (Lipinski definition) is 1. The molecule has 0 aliphatic rings. The summed E-state index contributed by atoms with van der Waals surface area (Å²) < 4.78 is 13.3. The van der Waals surface area contributed by atoms with E-state index in [1.165, 1.54) is 17.7 Å². The molecular formula is C15H16FN. The number of nitrogens with two attached hydrogens (primary N) is 1. The van der Waals surface area contributed by atoms with Crippen molar-refractivity contribution in [3.05, 3.63) is 52.8 Å². The van der Waals surface area contributed by atoms with Gasteiger partial charge in [0.1, 0.15) is 5.82 Å². The molecule has 2 N–H and O–H groups in total. The van der Waals surface area contributed by atoms with E-state index in [0.717, 1.165) is 22.3 Å². The molecule has 0 atom stereocenters. The fourth-order valence-electron chi connectivity index (χ4n) is 2.35. The summed E-state index contributed by atoms with van der Waals surface area (Å²) in [4.78, 5) is 0. The molecule has 0 aliphatic heterocycles. The Kier molecular flexibility index (Phi) is 2.88. The highest BCUT2D eigenvalue weighted by Crippen LogP contribution is 2.32. The minimum absolute atomic E-state index is 0.256. The van der Waals surface area contributed by atoms with E-state index in [1.54, 1.807) is 6.07 Å². The van der Waals surface area contributed by atoms with Gasteiger partial charge in [-0.25, -0.2) is 4.39 Å². The van der Waals surface area contributed by atoms with Gasteiger partial charge >= 0.3 is 0 Å². The van der Waals surface area contributed by atoms with E-state index < -0.39 is 0 Å². The number of rotatable bonds is 1. The maximum absolute atomic E-state index is 13.3. The van der Waals surface area contributed by atoms with E-state index >= 15 is 0 Å². The molecular weight excluding hydrogens is 213 g/mol. The molecule has 0 aromatic heterocycles. The molecule has 1 nitrogen and oxygen atoms in total. The van der Waals surface area contributed by atoms with Crippen LogP contribution >= 0.6 is 0 Å². The quantitative estimate of drug-likeness (QED) is 0.735. The molecule has 2 rings (SSSR count). The van der Waals surface area contributed by atoms with Crippen molar-refractivity contribution in [2.45, 2.75) is 20.8 Å². The van der Waals surface area contributed by atoms with Gasteiger partial charge in [0.05, 0.1) is 0 Å². The highest BCUT2D eigenvalue weighted by molar-refractivity contribution is 5.80. The third-order valence-electron chi connectivity index (χ3n) is 2.96. The van der Waals surface area contributed by atoms with Crippen LogP contribution in [0.15, 0.2) is 30.3 Å². The van der Waals surface area contributed by atoms with Crippen molar-refractivity contribution >= 4 is 5.69 Å². The molecule has 2 aromatic rings. The predicted octanol–water partition coefficient (Wildman–Crippen LogP) is 4.00. The van der Waals surface area contributed by atoms with Crippen LogP contribution in [0.25, 0.3) is 11.1 Å². The Morgan fingerprint density at radius 2 is 1.53 bits per heavy atom. The van der Waals surface area contributed by atoms with Crippen LogP contribution in [0.5, 0.6) is 0 Å². The Balaban J connectivity index is 2.72. The van der Waals surface area contributed by atoms with Crippen molar-refractivity contribution in [3.8, 4) is 11.1 Å². The summed E-state index contributed by atoms with van der Waals surface area (Å²) in [5.41, 5.74) is 11.8. The Hall–Kier alpha value is -1.83. The van der Waals surface area contributed by atoms with Crippen LogP contribution in [0.1, 0.15) is 16.7 Å². The van der Waals surface area contributed by atoms with E-state index in [1.807, 2.05) is 13.8 Å². The van der Waals surface area contributed by atoms with Crippen LogP contribution in [0.2, 0.25) is 0 Å². The van der Waals surface area contributed by atoms with Crippen molar-refractivity contribution in [2.75, 3.05) is 5.73 Å². The van der Waals surface area contributed by atoms with E-state index in [4.69, 9.17) is 5.73 Å². The topological polar surface area (TPSA) is 26.0 Å². The molecule has 2 heteroatoms. The fourth-order valence-corrected chi connectivity index (χ4v) is 2.35. The van der Waals surface area contributed by atoms with Crippen molar-refractivity contribution in [1.29, 1.82) is 0 Å². The molecule has 0 radical (unpaired) electrons. The number of nitrogen functional groups attached to an aromatic ring is 1. The largest absolute Gasteiger partial charge is 0.398 e. The van der Waals surface area contributed by atoms with Crippen molar-refractivity contribution in [3.63, 3.8) is 0 Å². The molecule has 17 heavy (non-hydrogen) atoms. The molecule has 0 heterocycles. The van der Waals surface area contributed by atoms with Gasteiger partial charge in [-0.05, 0) is 55.7 Å². The molecule has 88 valence electrons. The lowest BCUT2D eigenvalue weighted by Crippen LogP contribution is -1.96. The van der Waals surface area contributed by atoms with Gasteiger partial charge in [0, 0.05) is 11.3 Å². The molecule has 0 amide bonds. The molecule has 0 saturated carbocycles. The first-order valence-corrected chi connectivity index (χ1v) is 5.62. The van der Waals surface area contributed by atoms with Gasteiger partial charge in [0.25, 0.3) is 0 Å². The first kappa shape index (κ1) is 11.6. The van der Waals surface area contributed by atoms with Gasteiger partial charge < -0.3 is 5.73 Å². The summed E-state index contributed by atoms with van der Waals surface area (Å²) in [5.74, 6) is -0.256. The Labute approximate surface area is 101 Å². The first-order valence-electron chi connectivity index (χ1n) is 5.62. The highest BCUT2D eigenvalue weighted by atomic mass is 19.1. The third-order valence-corrected chi connectivity index (χ3v) is 2.96. The molecule has 0 spiro atoms. The number of aryl methyl sites for hydroxylation is 3. The summed E-state index contributed by atoms with van der Waals surface area (Å²) >= 11 is 0. The van der Waals surface area contributed by atoms with Crippen LogP contribution in [0.4, 0.5) is 10.1 Å². The smallest absolute Gasteiger partial charge is 0.123 e. The highest BCUT2D eigenvalue weighted by Gasteiger charge is 2.10. The molecule has 0 saturated heterocycles. The number of halogens is 1. The monoisotopic (exact) mass is 229 g/mol. The second-order valence-corrected chi connectivity index (χ2v) is 4.51. The van der Waals surface area contributed by atoms with Gasteiger partial charge in [0.15, 0.2) is 0 Å². The summed E-state index contributed by atoms with van der Waals surface area (Å²) in [5, 5.41) is 0. The lowest BCUT2D eigenvalue weighted by molar-refractivity contribution is 0.628. The zero-order chi connectivity index (χ0) is 12.6. The molecule has 2 aromatic carbocycles. The van der Waals surface area contributed by atoms with E-state index in [9.17, 15) is 4.39 Å². The Morgan fingerprint density at radius 3 is 2.12 bits per heavy atom. The average molecular weight is 229 g/mol. The molecule has 0 bridgehead atoms. The number of anilines is 1. The van der Waals surface area contributed by atoms with Crippen molar-refractivity contribution in [1.82, 2.24) is 0 Å². The minimum atomic E-state index is -0.256. The number of benzene rings is 2. The van der Waals surface area contributed by atoms with Crippen LogP contribution in [-0.2, 0) is 0 Å². The third kappa shape index (κ3) is 2.16. The van der Waals surface area contributed by atoms with E-state index in [0.29, 0.717) is 5.69 Å².